The van der Waals surface area contributed by atoms with Crippen molar-refractivity contribution < 1.29 is 13.2 Å². The molecule has 0 aromatic carbocycles. The molecule has 3 rings (SSSR count). The molecule has 0 atom stereocenters. The van der Waals surface area contributed by atoms with Gasteiger partial charge in [0, 0.05) is 13.1 Å². The first-order valence-corrected chi connectivity index (χ1v) is 10.3. The number of amides is 1. The molecule has 122 valence electrons. The molecule has 1 saturated heterocycles. The lowest BCUT2D eigenvalue weighted by molar-refractivity contribution is 0.0662. The van der Waals surface area contributed by atoms with Crippen molar-refractivity contribution in [3.8, 4) is 0 Å². The number of likely N-dealkylation sites (tertiary alicyclic amines) is 1. The van der Waals surface area contributed by atoms with Gasteiger partial charge in [-0.3, -0.25) is 4.79 Å². The standard InChI is InChI=1S/C15H22N2O3S2/c1-10-14(21-11(2)16-10)15(18)17-8-13(9-17)22(19,20)12-6-4-3-5-7-12/h12-13H,3-9H2,1-2H3. The van der Waals surface area contributed by atoms with Gasteiger partial charge in [-0.2, -0.15) is 0 Å². The fraction of sp³-hybridized carbons (Fsp3) is 0.733. The summed E-state index contributed by atoms with van der Waals surface area (Å²) in [6.45, 7) is 4.38. The zero-order chi connectivity index (χ0) is 15.9. The molecule has 1 aliphatic heterocycles. The second-order valence-electron chi connectivity index (χ2n) is 6.33. The molecule has 0 bridgehead atoms. The van der Waals surface area contributed by atoms with Crippen LogP contribution in [0.2, 0.25) is 0 Å². The van der Waals surface area contributed by atoms with Gasteiger partial charge in [-0.15, -0.1) is 11.3 Å². The van der Waals surface area contributed by atoms with Gasteiger partial charge in [-0.1, -0.05) is 19.3 Å². The van der Waals surface area contributed by atoms with E-state index in [-0.39, 0.29) is 16.4 Å². The first kappa shape index (κ1) is 15.9. The van der Waals surface area contributed by atoms with E-state index in [2.05, 4.69) is 4.98 Å². The molecule has 1 aromatic rings. The fourth-order valence-electron chi connectivity index (χ4n) is 3.35. The van der Waals surface area contributed by atoms with Gasteiger partial charge in [0.05, 0.1) is 21.2 Å². The topological polar surface area (TPSA) is 67.3 Å². The van der Waals surface area contributed by atoms with E-state index in [1.54, 1.807) is 4.90 Å². The van der Waals surface area contributed by atoms with Gasteiger partial charge in [0.25, 0.3) is 5.91 Å². The first-order chi connectivity index (χ1) is 10.4. The van der Waals surface area contributed by atoms with Gasteiger partial charge >= 0.3 is 0 Å². The molecular weight excluding hydrogens is 320 g/mol. The molecule has 1 amide bonds. The van der Waals surface area contributed by atoms with Crippen molar-refractivity contribution in [3.63, 3.8) is 0 Å². The van der Waals surface area contributed by atoms with E-state index in [1.807, 2.05) is 13.8 Å². The minimum atomic E-state index is -3.08. The normalized spacial score (nSPS) is 20.9. The van der Waals surface area contributed by atoms with Crippen LogP contribution in [0.5, 0.6) is 0 Å². The van der Waals surface area contributed by atoms with Crippen LogP contribution < -0.4 is 0 Å². The van der Waals surface area contributed by atoms with Crippen LogP contribution in [0.25, 0.3) is 0 Å². The summed E-state index contributed by atoms with van der Waals surface area (Å²) in [7, 11) is -3.08. The van der Waals surface area contributed by atoms with Crippen LogP contribution in [-0.4, -0.2) is 47.8 Å². The summed E-state index contributed by atoms with van der Waals surface area (Å²) in [5, 5.41) is 0.317. The molecule has 2 fully saturated rings. The number of aromatic nitrogens is 1. The summed E-state index contributed by atoms with van der Waals surface area (Å²) in [5.74, 6) is -0.0711. The number of rotatable bonds is 3. The van der Waals surface area contributed by atoms with Gasteiger partial charge in [0.15, 0.2) is 9.84 Å². The molecule has 2 aliphatic rings. The third-order valence-corrected chi connectivity index (χ3v) is 8.40. The molecule has 0 N–H and O–H groups in total. The van der Waals surface area contributed by atoms with E-state index in [0.29, 0.717) is 18.0 Å². The molecule has 0 spiro atoms. The van der Waals surface area contributed by atoms with E-state index in [9.17, 15) is 13.2 Å². The number of hydrogen-bond acceptors (Lipinski definition) is 5. The second kappa shape index (κ2) is 5.92. The van der Waals surface area contributed by atoms with Crippen molar-refractivity contribution in [1.29, 1.82) is 0 Å². The van der Waals surface area contributed by atoms with Crippen molar-refractivity contribution in [2.24, 2.45) is 0 Å². The largest absolute Gasteiger partial charge is 0.335 e. The highest BCUT2D eigenvalue weighted by atomic mass is 32.2. The highest BCUT2D eigenvalue weighted by Gasteiger charge is 2.44. The van der Waals surface area contributed by atoms with Crippen LogP contribution in [0.4, 0.5) is 0 Å². The Hall–Kier alpha value is -0.950. The maximum absolute atomic E-state index is 12.6. The van der Waals surface area contributed by atoms with E-state index in [0.717, 1.165) is 42.8 Å². The SMILES string of the molecule is Cc1nc(C)c(C(=O)N2CC(S(=O)(=O)C3CCCCC3)C2)s1. The predicted octanol–water partition coefficient (Wildman–Crippen LogP) is 2.33. The molecule has 2 heterocycles. The van der Waals surface area contributed by atoms with E-state index >= 15 is 0 Å². The molecule has 0 unspecified atom stereocenters. The molecule has 1 aromatic heterocycles. The lowest BCUT2D eigenvalue weighted by Crippen LogP contribution is -2.58. The predicted molar refractivity (Wildman–Crippen MR) is 87.1 cm³/mol. The van der Waals surface area contributed by atoms with Crippen molar-refractivity contribution >= 4 is 27.1 Å². The molecular formula is C15H22N2O3S2. The summed E-state index contributed by atoms with van der Waals surface area (Å²) < 4.78 is 25.2. The van der Waals surface area contributed by atoms with Crippen LogP contribution in [0.15, 0.2) is 0 Å². The summed E-state index contributed by atoms with van der Waals surface area (Å²) in [6.07, 6.45) is 4.75. The molecule has 1 saturated carbocycles. The Balaban J connectivity index is 1.64. The highest BCUT2D eigenvalue weighted by Crippen LogP contribution is 2.31. The number of hydrogen-bond donors (Lipinski definition) is 0. The monoisotopic (exact) mass is 342 g/mol. The van der Waals surface area contributed by atoms with Crippen molar-refractivity contribution in [3.05, 3.63) is 15.6 Å². The molecule has 5 nitrogen and oxygen atoms in total. The zero-order valence-electron chi connectivity index (χ0n) is 13.0. The Labute approximate surface area is 135 Å². The summed E-state index contributed by atoms with van der Waals surface area (Å²) in [4.78, 5) is 19.0. The number of nitrogens with zero attached hydrogens (tertiary/aromatic N) is 2. The minimum Gasteiger partial charge on any atom is -0.335 e. The Kier molecular flexibility index (Phi) is 4.29. The van der Waals surface area contributed by atoms with Crippen LogP contribution in [-0.2, 0) is 9.84 Å². The first-order valence-electron chi connectivity index (χ1n) is 7.85. The second-order valence-corrected chi connectivity index (χ2v) is 10.0. The third-order valence-electron chi connectivity index (χ3n) is 4.71. The van der Waals surface area contributed by atoms with Crippen LogP contribution in [0, 0.1) is 13.8 Å². The maximum Gasteiger partial charge on any atom is 0.265 e. The summed E-state index contributed by atoms with van der Waals surface area (Å²) in [5.41, 5.74) is 0.742. The summed E-state index contributed by atoms with van der Waals surface area (Å²) in [6, 6.07) is 0. The Morgan fingerprint density at radius 3 is 2.32 bits per heavy atom. The highest BCUT2D eigenvalue weighted by molar-refractivity contribution is 7.92. The Morgan fingerprint density at radius 2 is 1.77 bits per heavy atom. The van der Waals surface area contributed by atoms with Crippen molar-refractivity contribution in [2.75, 3.05) is 13.1 Å². The number of thiazole rings is 1. The average molecular weight is 342 g/mol. The van der Waals surface area contributed by atoms with Crippen LogP contribution >= 0.6 is 11.3 Å². The van der Waals surface area contributed by atoms with Gasteiger partial charge in [0.2, 0.25) is 0 Å². The van der Waals surface area contributed by atoms with E-state index in [4.69, 9.17) is 0 Å². The van der Waals surface area contributed by atoms with Crippen LogP contribution in [0.3, 0.4) is 0 Å². The fourth-order valence-corrected chi connectivity index (χ4v) is 6.55. The van der Waals surface area contributed by atoms with Crippen molar-refractivity contribution in [1.82, 2.24) is 9.88 Å². The molecule has 22 heavy (non-hydrogen) atoms. The van der Waals surface area contributed by atoms with Gasteiger partial charge in [-0.05, 0) is 26.7 Å². The Morgan fingerprint density at radius 1 is 1.14 bits per heavy atom. The van der Waals surface area contributed by atoms with Crippen molar-refractivity contribution in [2.45, 2.75) is 56.5 Å². The smallest absolute Gasteiger partial charge is 0.265 e. The number of carbonyl (C=O) groups is 1. The Bertz CT molecular complexity index is 669. The quantitative estimate of drug-likeness (QED) is 0.845. The average Bonchev–Trinajstić information content (AvgIpc) is 2.76. The summed E-state index contributed by atoms with van der Waals surface area (Å²) >= 11 is 1.39. The zero-order valence-corrected chi connectivity index (χ0v) is 14.7. The third kappa shape index (κ3) is 2.80. The number of carbonyl (C=O) groups excluding carboxylic acids is 1. The van der Waals surface area contributed by atoms with Gasteiger partial charge < -0.3 is 4.90 Å². The van der Waals surface area contributed by atoms with Gasteiger partial charge in [0.1, 0.15) is 4.88 Å². The molecule has 0 radical (unpaired) electrons. The molecule has 7 heteroatoms. The number of aryl methyl sites for hydroxylation is 2. The van der Waals surface area contributed by atoms with E-state index < -0.39 is 9.84 Å². The minimum absolute atomic E-state index is 0.0711. The lowest BCUT2D eigenvalue weighted by Gasteiger charge is -2.40. The van der Waals surface area contributed by atoms with E-state index in [1.165, 1.54) is 11.3 Å². The lowest BCUT2D eigenvalue weighted by atomic mass is 10.0. The molecule has 1 aliphatic carbocycles. The maximum atomic E-state index is 12.6. The number of sulfone groups is 1. The van der Waals surface area contributed by atoms with Gasteiger partial charge in [-0.25, -0.2) is 13.4 Å². The van der Waals surface area contributed by atoms with Crippen LogP contribution in [0.1, 0.15) is 52.5 Å².